The van der Waals surface area contributed by atoms with Gasteiger partial charge in [0.1, 0.15) is 0 Å². The molecule has 0 spiro atoms. The number of nitrogens with two attached hydrogens (primary N) is 1. The number of rotatable bonds is 3. The lowest BCUT2D eigenvalue weighted by molar-refractivity contribution is 0.166. The minimum absolute atomic E-state index is 0.329. The van der Waals surface area contributed by atoms with Crippen molar-refractivity contribution in [2.24, 2.45) is 11.7 Å². The number of hydrogen-bond acceptors (Lipinski definition) is 2. The van der Waals surface area contributed by atoms with Gasteiger partial charge in [0.15, 0.2) is 0 Å². The Hall–Kier alpha value is -0.570. The molecular weight excluding hydrogens is 244 g/mol. The summed E-state index contributed by atoms with van der Waals surface area (Å²) in [6.07, 6.45) is 2.42. The molecule has 18 heavy (non-hydrogen) atoms. The lowest BCUT2D eigenvalue weighted by Crippen LogP contribution is -2.39. The maximum absolute atomic E-state index is 6.28. The van der Waals surface area contributed by atoms with Crippen LogP contribution in [0.5, 0.6) is 0 Å². The third-order valence-corrected chi connectivity index (χ3v) is 4.33. The normalized spacial score (nSPS) is 20.0. The first kappa shape index (κ1) is 13.9. The van der Waals surface area contributed by atoms with Gasteiger partial charge in [-0.2, -0.15) is 0 Å². The summed E-state index contributed by atoms with van der Waals surface area (Å²) in [6, 6.07) is 6.66. The van der Waals surface area contributed by atoms with E-state index in [1.165, 1.54) is 24.0 Å². The van der Waals surface area contributed by atoms with Crippen LogP contribution in [0.25, 0.3) is 0 Å². The number of nitrogens with zero attached hydrogens (tertiary/aromatic N) is 1. The topological polar surface area (TPSA) is 29.3 Å². The molecule has 0 aromatic heterocycles. The zero-order valence-electron chi connectivity index (χ0n) is 11.3. The fraction of sp³-hybridized carbons (Fsp3) is 0.600. The fourth-order valence-electron chi connectivity index (χ4n) is 2.66. The third kappa shape index (κ3) is 3.47. The van der Waals surface area contributed by atoms with Gasteiger partial charge in [-0.05, 0) is 62.9 Å². The van der Waals surface area contributed by atoms with E-state index in [0.717, 1.165) is 24.7 Å². The van der Waals surface area contributed by atoms with E-state index in [4.69, 9.17) is 17.3 Å². The van der Waals surface area contributed by atoms with Crippen LogP contribution in [0.4, 0.5) is 0 Å². The maximum Gasteiger partial charge on any atom is 0.0453 e. The van der Waals surface area contributed by atoms with Crippen molar-refractivity contribution in [2.45, 2.75) is 39.3 Å². The highest BCUT2D eigenvalue weighted by Crippen LogP contribution is 2.24. The van der Waals surface area contributed by atoms with Crippen molar-refractivity contribution in [2.75, 3.05) is 13.1 Å². The summed E-state index contributed by atoms with van der Waals surface area (Å²) < 4.78 is 0. The molecule has 0 saturated carbocycles. The molecule has 1 heterocycles. The zero-order chi connectivity index (χ0) is 13.1. The highest BCUT2D eigenvalue weighted by molar-refractivity contribution is 6.31. The Bertz CT molecular complexity index is 395. The minimum Gasteiger partial charge on any atom is -0.328 e. The van der Waals surface area contributed by atoms with E-state index in [0.29, 0.717) is 12.0 Å². The predicted octanol–water partition coefficient (Wildman–Crippen LogP) is 3.21. The Labute approximate surface area is 115 Å². The van der Waals surface area contributed by atoms with Gasteiger partial charge in [-0.25, -0.2) is 0 Å². The summed E-state index contributed by atoms with van der Waals surface area (Å²) in [5.41, 5.74) is 8.43. The summed E-state index contributed by atoms with van der Waals surface area (Å²) in [5.74, 6) is 0.690. The van der Waals surface area contributed by atoms with Crippen LogP contribution in [0.15, 0.2) is 18.2 Å². The highest BCUT2D eigenvalue weighted by atomic mass is 35.5. The van der Waals surface area contributed by atoms with E-state index in [2.05, 4.69) is 30.9 Å². The molecule has 3 heteroatoms. The molecule has 1 fully saturated rings. The van der Waals surface area contributed by atoms with Gasteiger partial charge < -0.3 is 5.73 Å². The maximum atomic E-state index is 6.28. The van der Waals surface area contributed by atoms with Crippen molar-refractivity contribution in [3.63, 3.8) is 0 Å². The predicted molar refractivity (Wildman–Crippen MR) is 77.8 cm³/mol. The second-order valence-electron chi connectivity index (χ2n) is 5.57. The molecule has 0 amide bonds. The average molecular weight is 267 g/mol. The molecular formula is C15H23ClN2. The van der Waals surface area contributed by atoms with Crippen LogP contribution in [0.2, 0.25) is 5.02 Å². The molecule has 100 valence electrons. The van der Waals surface area contributed by atoms with Gasteiger partial charge in [0.25, 0.3) is 0 Å². The standard InChI is InChI=1S/C15H23ClN2/c1-11-3-4-14(15(16)9-11)10-18-7-5-13(6-8-18)12(2)17/h3-4,9,12-13H,5-8,10,17H2,1-2H3. The first-order chi connectivity index (χ1) is 8.56. The second-order valence-corrected chi connectivity index (χ2v) is 5.97. The quantitative estimate of drug-likeness (QED) is 0.910. The Morgan fingerprint density at radius 2 is 2.06 bits per heavy atom. The minimum atomic E-state index is 0.329. The second kappa shape index (κ2) is 6.05. The molecule has 2 rings (SSSR count). The van der Waals surface area contributed by atoms with Crippen LogP contribution in [-0.4, -0.2) is 24.0 Å². The van der Waals surface area contributed by atoms with Gasteiger partial charge in [-0.3, -0.25) is 4.90 Å². The van der Waals surface area contributed by atoms with Crippen molar-refractivity contribution in [3.8, 4) is 0 Å². The molecule has 1 aromatic rings. The number of hydrogen-bond donors (Lipinski definition) is 1. The molecule has 1 aromatic carbocycles. The Morgan fingerprint density at radius 3 is 2.61 bits per heavy atom. The Kier molecular flexibility index (Phi) is 4.66. The Balaban J connectivity index is 1.91. The highest BCUT2D eigenvalue weighted by Gasteiger charge is 2.22. The zero-order valence-corrected chi connectivity index (χ0v) is 12.1. The van der Waals surface area contributed by atoms with Gasteiger partial charge in [0.2, 0.25) is 0 Å². The lowest BCUT2D eigenvalue weighted by atomic mass is 9.91. The molecule has 0 radical (unpaired) electrons. The molecule has 2 nitrogen and oxygen atoms in total. The first-order valence-corrected chi connectivity index (χ1v) is 7.17. The molecule has 1 atom stereocenters. The molecule has 2 N–H and O–H groups in total. The summed E-state index contributed by atoms with van der Waals surface area (Å²) in [5, 5.41) is 0.893. The van der Waals surface area contributed by atoms with Crippen LogP contribution in [0, 0.1) is 12.8 Å². The molecule has 0 aliphatic carbocycles. The first-order valence-electron chi connectivity index (χ1n) is 6.79. The lowest BCUT2D eigenvalue weighted by Gasteiger charge is -2.33. The number of aryl methyl sites for hydroxylation is 1. The largest absolute Gasteiger partial charge is 0.328 e. The van der Waals surface area contributed by atoms with E-state index < -0.39 is 0 Å². The third-order valence-electron chi connectivity index (χ3n) is 3.98. The SMILES string of the molecule is Cc1ccc(CN2CCC(C(C)N)CC2)c(Cl)c1. The smallest absolute Gasteiger partial charge is 0.0453 e. The van der Waals surface area contributed by atoms with Gasteiger partial charge in [0, 0.05) is 17.6 Å². The number of benzene rings is 1. The van der Waals surface area contributed by atoms with Crippen molar-refractivity contribution >= 4 is 11.6 Å². The number of halogens is 1. The number of likely N-dealkylation sites (tertiary alicyclic amines) is 1. The van der Waals surface area contributed by atoms with Gasteiger partial charge in [-0.15, -0.1) is 0 Å². The van der Waals surface area contributed by atoms with E-state index >= 15 is 0 Å². The van der Waals surface area contributed by atoms with Crippen LogP contribution < -0.4 is 5.73 Å². The van der Waals surface area contributed by atoms with Gasteiger partial charge in [-0.1, -0.05) is 23.7 Å². The van der Waals surface area contributed by atoms with Crippen molar-refractivity contribution in [3.05, 3.63) is 34.3 Å². The van der Waals surface area contributed by atoms with Crippen LogP contribution in [-0.2, 0) is 6.54 Å². The number of piperidine rings is 1. The summed E-state index contributed by atoms with van der Waals surface area (Å²) in [6.45, 7) is 7.43. The Morgan fingerprint density at radius 1 is 1.39 bits per heavy atom. The summed E-state index contributed by atoms with van der Waals surface area (Å²) in [7, 11) is 0. The van der Waals surface area contributed by atoms with Crippen LogP contribution >= 0.6 is 11.6 Å². The molecule has 1 unspecified atom stereocenters. The van der Waals surface area contributed by atoms with Crippen molar-refractivity contribution in [1.29, 1.82) is 0 Å². The molecule has 1 aliphatic rings. The van der Waals surface area contributed by atoms with E-state index in [9.17, 15) is 0 Å². The average Bonchev–Trinajstić information content (AvgIpc) is 2.33. The van der Waals surface area contributed by atoms with Crippen molar-refractivity contribution < 1.29 is 0 Å². The van der Waals surface area contributed by atoms with E-state index in [-0.39, 0.29) is 0 Å². The summed E-state index contributed by atoms with van der Waals surface area (Å²) in [4.78, 5) is 2.48. The molecule has 1 saturated heterocycles. The molecule has 1 aliphatic heterocycles. The summed E-state index contributed by atoms with van der Waals surface area (Å²) >= 11 is 6.28. The van der Waals surface area contributed by atoms with Crippen LogP contribution in [0.1, 0.15) is 30.9 Å². The van der Waals surface area contributed by atoms with Gasteiger partial charge in [0.05, 0.1) is 0 Å². The van der Waals surface area contributed by atoms with Crippen LogP contribution in [0.3, 0.4) is 0 Å². The molecule has 0 bridgehead atoms. The van der Waals surface area contributed by atoms with E-state index in [1.807, 2.05) is 6.07 Å². The van der Waals surface area contributed by atoms with E-state index in [1.54, 1.807) is 0 Å². The fourth-order valence-corrected chi connectivity index (χ4v) is 2.95. The monoisotopic (exact) mass is 266 g/mol. The van der Waals surface area contributed by atoms with Gasteiger partial charge >= 0.3 is 0 Å². The van der Waals surface area contributed by atoms with Crippen molar-refractivity contribution in [1.82, 2.24) is 4.90 Å².